The van der Waals surface area contributed by atoms with Crippen LogP contribution in [0.2, 0.25) is 0 Å². The van der Waals surface area contributed by atoms with E-state index < -0.39 is 0 Å². The second kappa shape index (κ2) is 7.99. The van der Waals surface area contributed by atoms with E-state index in [-0.39, 0.29) is 5.91 Å². The number of hydrogen-bond acceptors (Lipinski definition) is 4. The number of carbonyl (C=O) groups excluding carboxylic acids is 1. The van der Waals surface area contributed by atoms with Crippen LogP contribution in [0.5, 0.6) is 5.75 Å². The van der Waals surface area contributed by atoms with Gasteiger partial charge in [0.1, 0.15) is 5.75 Å². The number of amides is 1. The Morgan fingerprint density at radius 1 is 1.46 bits per heavy atom. The lowest BCUT2D eigenvalue weighted by molar-refractivity contribution is -0.121. The third kappa shape index (κ3) is 4.48. The molecule has 5 heteroatoms. The van der Waals surface area contributed by atoms with Gasteiger partial charge in [0.25, 0.3) is 0 Å². The molecular formula is C19H29N3O2. The molecule has 1 amide bonds. The number of hydrogen-bond donors (Lipinski definition) is 1. The zero-order valence-corrected chi connectivity index (χ0v) is 14.9. The fraction of sp³-hybridized carbons (Fsp3) is 0.632. The molecule has 1 N–H and O–H groups in total. The van der Waals surface area contributed by atoms with Crippen LogP contribution in [0.15, 0.2) is 18.2 Å². The molecule has 1 unspecified atom stereocenters. The molecule has 0 radical (unpaired) electrons. The fourth-order valence-electron chi connectivity index (χ4n) is 3.54. The number of fused-ring (bicyclic) bond motifs is 1. The van der Waals surface area contributed by atoms with Gasteiger partial charge in [-0.3, -0.25) is 4.79 Å². The van der Waals surface area contributed by atoms with Crippen LogP contribution in [-0.2, 0) is 17.8 Å². The lowest BCUT2D eigenvalue weighted by Gasteiger charge is -2.23. The lowest BCUT2D eigenvalue weighted by atomic mass is 10.0. The monoisotopic (exact) mass is 331 g/mol. The number of rotatable bonds is 6. The molecule has 0 aliphatic carbocycles. The van der Waals surface area contributed by atoms with Crippen LogP contribution in [-0.4, -0.2) is 62.1 Å². The van der Waals surface area contributed by atoms with E-state index in [0.29, 0.717) is 19.0 Å². The topological polar surface area (TPSA) is 44.8 Å². The van der Waals surface area contributed by atoms with Gasteiger partial charge in [0, 0.05) is 32.1 Å². The first-order valence-electron chi connectivity index (χ1n) is 9.02. The molecule has 1 atom stereocenters. The molecule has 1 aromatic rings. The highest BCUT2D eigenvalue weighted by atomic mass is 16.5. The molecule has 2 aliphatic heterocycles. The van der Waals surface area contributed by atoms with Crippen molar-refractivity contribution in [3.8, 4) is 5.75 Å². The molecule has 1 fully saturated rings. The highest BCUT2D eigenvalue weighted by Crippen LogP contribution is 2.25. The van der Waals surface area contributed by atoms with Gasteiger partial charge in [-0.15, -0.1) is 0 Å². The van der Waals surface area contributed by atoms with Crippen LogP contribution in [0.1, 0.15) is 30.4 Å². The standard InChI is InChI=1S/C19H29N3O2/c1-21-9-7-17(14-21)22(2)10-8-19(23)20-13-15-5-6-18-16(12-15)4-3-11-24-18/h5-6,12,17H,3-4,7-11,13-14H2,1-2H3,(H,20,23). The summed E-state index contributed by atoms with van der Waals surface area (Å²) in [6.07, 6.45) is 3.90. The predicted octanol–water partition coefficient (Wildman–Crippen LogP) is 1.65. The minimum Gasteiger partial charge on any atom is -0.493 e. The van der Waals surface area contributed by atoms with E-state index in [1.165, 1.54) is 12.0 Å². The molecule has 1 aromatic carbocycles. The molecule has 0 aromatic heterocycles. The third-order valence-corrected chi connectivity index (χ3v) is 5.14. The van der Waals surface area contributed by atoms with Gasteiger partial charge in [0.05, 0.1) is 6.61 Å². The van der Waals surface area contributed by atoms with Gasteiger partial charge in [-0.1, -0.05) is 12.1 Å². The molecule has 132 valence electrons. The van der Waals surface area contributed by atoms with Crippen LogP contribution in [0, 0.1) is 0 Å². The van der Waals surface area contributed by atoms with Crippen molar-refractivity contribution in [2.24, 2.45) is 0 Å². The van der Waals surface area contributed by atoms with Crippen molar-refractivity contribution < 1.29 is 9.53 Å². The van der Waals surface area contributed by atoms with Crippen LogP contribution in [0.3, 0.4) is 0 Å². The van der Waals surface area contributed by atoms with Crippen LogP contribution < -0.4 is 10.1 Å². The number of likely N-dealkylation sites (N-methyl/N-ethyl adjacent to an activating group) is 2. The Morgan fingerprint density at radius 2 is 2.33 bits per heavy atom. The predicted molar refractivity (Wildman–Crippen MR) is 95.3 cm³/mol. The maximum absolute atomic E-state index is 12.1. The van der Waals surface area contributed by atoms with Gasteiger partial charge in [-0.2, -0.15) is 0 Å². The van der Waals surface area contributed by atoms with E-state index >= 15 is 0 Å². The Kier molecular flexibility index (Phi) is 5.74. The smallest absolute Gasteiger partial charge is 0.221 e. The van der Waals surface area contributed by atoms with Crippen molar-refractivity contribution in [2.45, 2.75) is 38.3 Å². The molecule has 0 spiro atoms. The first kappa shape index (κ1) is 17.2. The number of benzene rings is 1. The van der Waals surface area contributed by atoms with Gasteiger partial charge < -0.3 is 19.9 Å². The molecule has 5 nitrogen and oxygen atoms in total. The summed E-state index contributed by atoms with van der Waals surface area (Å²) in [5.74, 6) is 1.13. The van der Waals surface area contributed by atoms with E-state index in [9.17, 15) is 4.79 Å². The van der Waals surface area contributed by atoms with Crippen molar-refractivity contribution in [3.63, 3.8) is 0 Å². The first-order chi connectivity index (χ1) is 11.6. The molecule has 3 rings (SSSR count). The second-order valence-electron chi connectivity index (χ2n) is 7.11. The van der Waals surface area contributed by atoms with Crippen molar-refractivity contribution >= 4 is 5.91 Å². The Balaban J connectivity index is 1.41. The maximum atomic E-state index is 12.1. The van der Waals surface area contributed by atoms with Gasteiger partial charge in [-0.25, -0.2) is 0 Å². The molecule has 24 heavy (non-hydrogen) atoms. The highest BCUT2D eigenvalue weighted by molar-refractivity contribution is 5.76. The second-order valence-corrected chi connectivity index (χ2v) is 7.11. The zero-order chi connectivity index (χ0) is 16.9. The SMILES string of the molecule is CN1CCC(N(C)CCC(=O)NCc2ccc3c(c2)CCCO3)C1. The highest BCUT2D eigenvalue weighted by Gasteiger charge is 2.23. The Hall–Kier alpha value is -1.59. The largest absolute Gasteiger partial charge is 0.493 e. The van der Waals surface area contributed by atoms with Crippen molar-refractivity contribution in [3.05, 3.63) is 29.3 Å². The summed E-state index contributed by atoms with van der Waals surface area (Å²) in [5.41, 5.74) is 2.41. The van der Waals surface area contributed by atoms with E-state index in [4.69, 9.17) is 4.74 Å². The summed E-state index contributed by atoms with van der Waals surface area (Å²) in [4.78, 5) is 16.8. The van der Waals surface area contributed by atoms with Crippen LogP contribution >= 0.6 is 0 Å². The van der Waals surface area contributed by atoms with Crippen LogP contribution in [0.25, 0.3) is 0 Å². The lowest BCUT2D eigenvalue weighted by Crippen LogP contribution is -2.36. The summed E-state index contributed by atoms with van der Waals surface area (Å²) in [5, 5.41) is 3.04. The Bertz CT molecular complexity index is 576. The van der Waals surface area contributed by atoms with Crippen molar-refractivity contribution in [1.29, 1.82) is 0 Å². The average Bonchev–Trinajstić information content (AvgIpc) is 3.04. The summed E-state index contributed by atoms with van der Waals surface area (Å²) < 4.78 is 5.63. The van der Waals surface area contributed by atoms with E-state index in [1.54, 1.807) is 0 Å². The van der Waals surface area contributed by atoms with Gasteiger partial charge in [-0.05, 0) is 57.1 Å². The Morgan fingerprint density at radius 3 is 3.12 bits per heavy atom. The number of nitrogens with zero attached hydrogens (tertiary/aromatic N) is 2. The summed E-state index contributed by atoms with van der Waals surface area (Å²) >= 11 is 0. The molecule has 2 aliphatic rings. The van der Waals surface area contributed by atoms with E-state index in [1.807, 2.05) is 12.1 Å². The molecule has 2 heterocycles. The number of aryl methyl sites for hydroxylation is 1. The van der Waals surface area contributed by atoms with E-state index in [2.05, 4.69) is 35.3 Å². The maximum Gasteiger partial charge on any atom is 0.221 e. The summed E-state index contributed by atoms with van der Waals surface area (Å²) in [6.45, 7) is 4.50. The number of carbonyl (C=O) groups is 1. The van der Waals surface area contributed by atoms with Crippen molar-refractivity contribution in [2.75, 3.05) is 40.3 Å². The summed E-state index contributed by atoms with van der Waals surface area (Å²) in [7, 11) is 4.28. The summed E-state index contributed by atoms with van der Waals surface area (Å²) in [6, 6.07) is 6.82. The Labute approximate surface area is 145 Å². The molecule has 0 saturated carbocycles. The van der Waals surface area contributed by atoms with Gasteiger partial charge in [0.2, 0.25) is 5.91 Å². The first-order valence-corrected chi connectivity index (χ1v) is 9.02. The minimum absolute atomic E-state index is 0.127. The quantitative estimate of drug-likeness (QED) is 0.861. The van der Waals surface area contributed by atoms with Crippen molar-refractivity contribution in [1.82, 2.24) is 15.1 Å². The number of likely N-dealkylation sites (tertiary alicyclic amines) is 1. The minimum atomic E-state index is 0.127. The normalized spacial score (nSPS) is 20.7. The van der Waals surface area contributed by atoms with Gasteiger partial charge in [0.15, 0.2) is 0 Å². The molecule has 0 bridgehead atoms. The zero-order valence-electron chi connectivity index (χ0n) is 14.9. The fourth-order valence-corrected chi connectivity index (χ4v) is 3.54. The number of ether oxygens (including phenoxy) is 1. The average molecular weight is 331 g/mol. The third-order valence-electron chi connectivity index (χ3n) is 5.14. The number of nitrogens with one attached hydrogen (secondary N) is 1. The molecular weight excluding hydrogens is 302 g/mol. The molecule has 1 saturated heterocycles. The van der Waals surface area contributed by atoms with Gasteiger partial charge >= 0.3 is 0 Å². The van der Waals surface area contributed by atoms with Crippen LogP contribution in [0.4, 0.5) is 0 Å². The van der Waals surface area contributed by atoms with E-state index in [0.717, 1.165) is 50.4 Å².